The van der Waals surface area contributed by atoms with Gasteiger partial charge in [-0.25, -0.2) is 4.39 Å². The maximum Gasteiger partial charge on any atom is 0.135 e. The van der Waals surface area contributed by atoms with Crippen LogP contribution in [-0.4, -0.2) is 18.1 Å². The van der Waals surface area contributed by atoms with Crippen molar-refractivity contribution in [3.8, 4) is 0 Å². The number of piperidine rings is 1. The molecule has 0 atom stereocenters. The van der Waals surface area contributed by atoms with Crippen LogP contribution in [-0.2, 0) is 0 Å². The first-order valence-corrected chi connectivity index (χ1v) is 8.35. The molecule has 1 saturated carbocycles. The topological polar surface area (TPSA) is 29.3 Å². The lowest BCUT2D eigenvalue weighted by Crippen LogP contribution is -2.41. The zero-order chi connectivity index (χ0) is 14.9. The molecule has 21 heavy (non-hydrogen) atoms. The summed E-state index contributed by atoms with van der Waals surface area (Å²) in [5.74, 6) is -0.307. The molecule has 0 aromatic heterocycles. The third-order valence-corrected chi connectivity index (χ3v) is 5.54. The van der Waals surface area contributed by atoms with E-state index in [4.69, 9.17) is 18.0 Å². The number of benzene rings is 1. The first-order valence-electron chi connectivity index (χ1n) is 7.94. The number of halogens is 1. The van der Waals surface area contributed by atoms with Crippen molar-refractivity contribution in [2.75, 3.05) is 18.0 Å². The standard InChI is InChI=1S/C17H23FN2S/c18-15-12-13(4-5-14(15)16(19)21)20-10-8-17(9-11-20)6-2-1-3-7-17/h4-5,12H,1-3,6-11H2,(H2,19,21). The fourth-order valence-electron chi connectivity index (χ4n) is 3.94. The normalized spacial score (nSPS) is 21.5. The summed E-state index contributed by atoms with van der Waals surface area (Å²) < 4.78 is 14.0. The predicted molar refractivity (Wildman–Crippen MR) is 89.3 cm³/mol. The Balaban J connectivity index is 1.69. The number of anilines is 1. The van der Waals surface area contributed by atoms with Crippen molar-refractivity contribution in [3.05, 3.63) is 29.6 Å². The molecule has 1 saturated heterocycles. The molecule has 0 amide bonds. The molecule has 2 aliphatic rings. The average molecular weight is 306 g/mol. The molecule has 2 N–H and O–H groups in total. The summed E-state index contributed by atoms with van der Waals surface area (Å²) in [5.41, 5.74) is 7.39. The number of rotatable bonds is 2. The number of hydrogen-bond acceptors (Lipinski definition) is 2. The van der Waals surface area contributed by atoms with Crippen LogP contribution in [0.1, 0.15) is 50.5 Å². The van der Waals surface area contributed by atoms with Gasteiger partial charge in [-0.15, -0.1) is 0 Å². The van der Waals surface area contributed by atoms with Gasteiger partial charge in [-0.2, -0.15) is 0 Å². The Labute approximate surface area is 131 Å². The van der Waals surface area contributed by atoms with E-state index < -0.39 is 0 Å². The Hall–Kier alpha value is -1.16. The van der Waals surface area contributed by atoms with E-state index in [1.165, 1.54) is 44.9 Å². The molecule has 114 valence electrons. The average Bonchev–Trinajstić information content (AvgIpc) is 2.48. The number of hydrogen-bond donors (Lipinski definition) is 1. The van der Waals surface area contributed by atoms with Gasteiger partial charge in [0.1, 0.15) is 10.8 Å². The molecular formula is C17H23FN2S. The zero-order valence-electron chi connectivity index (χ0n) is 12.4. The van der Waals surface area contributed by atoms with Crippen LogP contribution in [0.15, 0.2) is 18.2 Å². The molecule has 2 nitrogen and oxygen atoms in total. The van der Waals surface area contributed by atoms with Crippen LogP contribution in [0.25, 0.3) is 0 Å². The monoisotopic (exact) mass is 306 g/mol. The second kappa shape index (κ2) is 5.91. The third-order valence-electron chi connectivity index (χ3n) is 5.32. The Morgan fingerprint density at radius 2 is 1.76 bits per heavy atom. The highest BCUT2D eigenvalue weighted by Gasteiger charge is 2.35. The molecule has 2 fully saturated rings. The molecule has 0 bridgehead atoms. The van der Waals surface area contributed by atoms with E-state index in [1.54, 1.807) is 12.1 Å². The molecule has 0 radical (unpaired) electrons. The van der Waals surface area contributed by atoms with Crippen LogP contribution < -0.4 is 10.6 Å². The zero-order valence-corrected chi connectivity index (χ0v) is 13.2. The Kier molecular flexibility index (Phi) is 4.16. The van der Waals surface area contributed by atoms with Crippen LogP contribution in [0.2, 0.25) is 0 Å². The van der Waals surface area contributed by atoms with E-state index >= 15 is 0 Å². The van der Waals surface area contributed by atoms with Gasteiger partial charge in [0, 0.05) is 24.3 Å². The van der Waals surface area contributed by atoms with E-state index in [0.717, 1.165) is 18.8 Å². The van der Waals surface area contributed by atoms with Crippen LogP contribution >= 0.6 is 12.2 Å². The summed E-state index contributed by atoms with van der Waals surface area (Å²) in [7, 11) is 0. The van der Waals surface area contributed by atoms with Gasteiger partial charge in [-0.1, -0.05) is 31.5 Å². The second-order valence-corrected chi connectivity index (χ2v) is 7.02. The Bertz CT molecular complexity index is 528. The quantitative estimate of drug-likeness (QED) is 0.837. The Morgan fingerprint density at radius 3 is 2.33 bits per heavy atom. The lowest BCUT2D eigenvalue weighted by Gasteiger charge is -2.45. The van der Waals surface area contributed by atoms with Gasteiger partial charge in [-0.3, -0.25) is 0 Å². The maximum absolute atomic E-state index is 14.0. The lowest BCUT2D eigenvalue weighted by atomic mass is 9.68. The lowest BCUT2D eigenvalue weighted by molar-refractivity contribution is 0.144. The highest BCUT2D eigenvalue weighted by Crippen LogP contribution is 2.45. The summed E-state index contributed by atoms with van der Waals surface area (Å²) in [6.45, 7) is 2.07. The van der Waals surface area contributed by atoms with Gasteiger partial charge in [0.25, 0.3) is 0 Å². The van der Waals surface area contributed by atoms with E-state index in [2.05, 4.69) is 4.90 Å². The van der Waals surface area contributed by atoms with E-state index in [9.17, 15) is 4.39 Å². The highest BCUT2D eigenvalue weighted by atomic mass is 32.1. The second-order valence-electron chi connectivity index (χ2n) is 6.58. The van der Waals surface area contributed by atoms with Crippen LogP contribution in [0.4, 0.5) is 10.1 Å². The molecule has 1 heterocycles. The summed E-state index contributed by atoms with van der Waals surface area (Å²) in [5, 5.41) is 0. The molecule has 1 aliphatic carbocycles. The first kappa shape index (κ1) is 14.8. The van der Waals surface area contributed by atoms with E-state index in [-0.39, 0.29) is 10.8 Å². The minimum absolute atomic E-state index is 0.124. The number of nitrogens with two attached hydrogens (primary N) is 1. The third kappa shape index (κ3) is 3.05. The van der Waals surface area contributed by atoms with Gasteiger partial charge in [-0.05, 0) is 49.3 Å². The molecule has 1 aliphatic heterocycles. The molecule has 3 rings (SSSR count). The van der Waals surface area contributed by atoms with Crippen molar-refractivity contribution in [2.24, 2.45) is 11.1 Å². The van der Waals surface area contributed by atoms with Crippen LogP contribution in [0.5, 0.6) is 0 Å². The maximum atomic E-state index is 14.0. The molecule has 1 aromatic carbocycles. The number of nitrogens with zero attached hydrogens (tertiary/aromatic N) is 1. The van der Waals surface area contributed by atoms with Gasteiger partial charge in [0.2, 0.25) is 0 Å². The van der Waals surface area contributed by atoms with Crippen molar-refractivity contribution in [2.45, 2.75) is 44.9 Å². The Morgan fingerprint density at radius 1 is 1.10 bits per heavy atom. The molecular weight excluding hydrogens is 283 g/mol. The minimum atomic E-state index is -0.307. The molecule has 0 unspecified atom stereocenters. The SMILES string of the molecule is NC(=S)c1ccc(N2CCC3(CCCCC3)CC2)cc1F. The van der Waals surface area contributed by atoms with Crippen molar-refractivity contribution >= 4 is 22.9 Å². The summed E-state index contributed by atoms with van der Waals surface area (Å²) in [6.07, 6.45) is 9.42. The summed E-state index contributed by atoms with van der Waals surface area (Å²) in [6, 6.07) is 5.22. The number of thiocarbonyl (C=S) groups is 1. The molecule has 1 aromatic rings. The highest BCUT2D eigenvalue weighted by molar-refractivity contribution is 7.80. The van der Waals surface area contributed by atoms with Gasteiger partial charge in [0.05, 0.1) is 0 Å². The minimum Gasteiger partial charge on any atom is -0.389 e. The van der Waals surface area contributed by atoms with E-state index in [1.807, 2.05) is 6.07 Å². The van der Waals surface area contributed by atoms with Crippen molar-refractivity contribution in [1.82, 2.24) is 0 Å². The summed E-state index contributed by atoms with van der Waals surface area (Å²) in [4.78, 5) is 2.42. The largest absolute Gasteiger partial charge is 0.389 e. The fourth-order valence-corrected chi connectivity index (χ4v) is 4.11. The van der Waals surface area contributed by atoms with Crippen molar-refractivity contribution < 1.29 is 4.39 Å². The van der Waals surface area contributed by atoms with Gasteiger partial charge >= 0.3 is 0 Å². The van der Waals surface area contributed by atoms with Gasteiger partial charge < -0.3 is 10.6 Å². The fraction of sp³-hybridized carbons (Fsp3) is 0.588. The smallest absolute Gasteiger partial charge is 0.135 e. The predicted octanol–water partition coefficient (Wildman–Crippen LogP) is 4.01. The van der Waals surface area contributed by atoms with Crippen LogP contribution in [0.3, 0.4) is 0 Å². The summed E-state index contributed by atoms with van der Waals surface area (Å²) >= 11 is 4.85. The van der Waals surface area contributed by atoms with Crippen molar-refractivity contribution in [3.63, 3.8) is 0 Å². The van der Waals surface area contributed by atoms with Crippen LogP contribution in [0, 0.1) is 11.2 Å². The van der Waals surface area contributed by atoms with E-state index in [0.29, 0.717) is 11.0 Å². The molecule has 4 heteroatoms. The molecule has 1 spiro atoms. The first-order chi connectivity index (χ1) is 10.1. The van der Waals surface area contributed by atoms with Crippen molar-refractivity contribution in [1.29, 1.82) is 0 Å². The van der Waals surface area contributed by atoms with Gasteiger partial charge in [0.15, 0.2) is 0 Å².